The third kappa shape index (κ3) is 6.62. The van der Waals surface area contributed by atoms with Gasteiger partial charge >= 0.3 is 0 Å². The van der Waals surface area contributed by atoms with Gasteiger partial charge < -0.3 is 27.0 Å². The molecule has 35 heavy (non-hydrogen) atoms. The van der Waals surface area contributed by atoms with Gasteiger partial charge in [-0.05, 0) is 37.0 Å². The topological polar surface area (TPSA) is 138 Å². The SMILES string of the molecule is NCC(=O)N[C@H]1CN[C@H](C(=O)N[C@H](CCc2ccccc2)C(=O)Nc2cnc3ccccc3c2)C1. The molecule has 0 aliphatic carbocycles. The molecule has 0 unspecified atom stereocenters. The first-order valence-electron chi connectivity index (χ1n) is 11.7. The predicted octanol–water partition coefficient (Wildman–Crippen LogP) is 1.10. The van der Waals surface area contributed by atoms with Crippen molar-refractivity contribution < 1.29 is 14.4 Å². The number of amides is 3. The van der Waals surface area contributed by atoms with Crippen molar-refractivity contribution in [2.24, 2.45) is 5.73 Å². The lowest BCUT2D eigenvalue weighted by atomic mass is 10.0. The van der Waals surface area contributed by atoms with Gasteiger partial charge in [-0.1, -0.05) is 48.5 Å². The van der Waals surface area contributed by atoms with E-state index in [2.05, 4.69) is 26.3 Å². The number of fused-ring (bicyclic) bond motifs is 1. The standard InChI is InChI=1S/C26H30N6O3/c27-14-24(33)30-20-13-23(29-16-20)26(35)32-22(11-10-17-6-2-1-3-7-17)25(34)31-19-12-18-8-4-5-9-21(18)28-15-19/h1-9,12,15,20,22-23,29H,10-11,13-14,16,27H2,(H,30,33)(H,31,34)(H,32,35)/t20-,22-,23+/m1/s1. The molecule has 0 spiro atoms. The number of rotatable bonds is 9. The normalized spacial score (nSPS) is 18.1. The van der Waals surface area contributed by atoms with Crippen LogP contribution in [0.15, 0.2) is 66.9 Å². The lowest BCUT2D eigenvalue weighted by molar-refractivity contribution is -0.127. The van der Waals surface area contributed by atoms with E-state index in [1.54, 1.807) is 6.20 Å². The van der Waals surface area contributed by atoms with Crippen LogP contribution < -0.4 is 27.0 Å². The van der Waals surface area contributed by atoms with Gasteiger partial charge in [0.1, 0.15) is 6.04 Å². The van der Waals surface area contributed by atoms with E-state index in [0.717, 1.165) is 16.5 Å². The summed E-state index contributed by atoms with van der Waals surface area (Å²) in [6.45, 7) is 0.367. The summed E-state index contributed by atoms with van der Waals surface area (Å²) in [7, 11) is 0. The van der Waals surface area contributed by atoms with Crippen molar-refractivity contribution in [1.82, 2.24) is 20.9 Å². The molecule has 182 valence electrons. The second-order valence-corrected chi connectivity index (χ2v) is 8.66. The molecule has 6 N–H and O–H groups in total. The Labute approximate surface area is 203 Å². The van der Waals surface area contributed by atoms with Gasteiger partial charge in [-0.25, -0.2) is 0 Å². The number of nitrogens with two attached hydrogens (primary N) is 1. The maximum absolute atomic E-state index is 13.2. The highest BCUT2D eigenvalue weighted by Gasteiger charge is 2.32. The third-order valence-corrected chi connectivity index (χ3v) is 6.05. The Hall–Kier alpha value is -3.82. The van der Waals surface area contributed by atoms with Crippen molar-refractivity contribution in [2.45, 2.75) is 37.4 Å². The highest BCUT2D eigenvalue weighted by atomic mass is 16.2. The lowest BCUT2D eigenvalue weighted by Crippen LogP contribution is -2.50. The van der Waals surface area contributed by atoms with Crippen LogP contribution in [-0.2, 0) is 20.8 Å². The van der Waals surface area contributed by atoms with Crippen molar-refractivity contribution in [2.75, 3.05) is 18.4 Å². The number of para-hydroxylation sites is 1. The average molecular weight is 475 g/mol. The van der Waals surface area contributed by atoms with Crippen molar-refractivity contribution in [1.29, 1.82) is 0 Å². The van der Waals surface area contributed by atoms with Crippen molar-refractivity contribution >= 4 is 34.3 Å². The summed E-state index contributed by atoms with van der Waals surface area (Å²) < 4.78 is 0. The van der Waals surface area contributed by atoms with Crippen molar-refractivity contribution in [3.05, 3.63) is 72.4 Å². The fraction of sp³-hybridized carbons (Fsp3) is 0.308. The highest BCUT2D eigenvalue weighted by molar-refractivity contribution is 5.99. The zero-order valence-corrected chi connectivity index (χ0v) is 19.4. The molecule has 0 radical (unpaired) electrons. The monoisotopic (exact) mass is 474 g/mol. The Morgan fingerprint density at radius 2 is 1.86 bits per heavy atom. The molecule has 1 fully saturated rings. The van der Waals surface area contributed by atoms with Gasteiger partial charge in [0.25, 0.3) is 0 Å². The molecule has 3 atom stereocenters. The van der Waals surface area contributed by atoms with Crippen LogP contribution in [0, 0.1) is 0 Å². The van der Waals surface area contributed by atoms with Crippen molar-refractivity contribution in [3.8, 4) is 0 Å². The summed E-state index contributed by atoms with van der Waals surface area (Å²) in [6.07, 6.45) is 3.10. The molecule has 2 heterocycles. The second kappa shape index (κ2) is 11.5. The van der Waals surface area contributed by atoms with Crippen LogP contribution in [0.1, 0.15) is 18.4 Å². The summed E-state index contributed by atoms with van der Waals surface area (Å²) in [4.78, 5) is 42.2. The van der Waals surface area contributed by atoms with Gasteiger partial charge in [0.15, 0.2) is 0 Å². The number of carbonyl (C=O) groups is 3. The van der Waals surface area contributed by atoms with Gasteiger partial charge in [0.2, 0.25) is 17.7 Å². The summed E-state index contributed by atoms with van der Waals surface area (Å²) in [6, 6.07) is 17.9. The fourth-order valence-corrected chi connectivity index (χ4v) is 4.20. The first-order chi connectivity index (χ1) is 17.0. The molecule has 1 aliphatic heterocycles. The molecule has 4 rings (SSSR count). The fourth-order valence-electron chi connectivity index (χ4n) is 4.20. The summed E-state index contributed by atoms with van der Waals surface area (Å²) in [5, 5.41) is 12.6. The average Bonchev–Trinajstić information content (AvgIpc) is 3.35. The van der Waals surface area contributed by atoms with Gasteiger partial charge in [0.05, 0.1) is 30.0 Å². The Morgan fingerprint density at radius 3 is 2.66 bits per heavy atom. The number of anilines is 1. The molecule has 3 aromatic rings. The zero-order valence-electron chi connectivity index (χ0n) is 19.4. The molecule has 1 aromatic heterocycles. The van der Waals surface area contributed by atoms with Crippen molar-refractivity contribution in [3.63, 3.8) is 0 Å². The maximum Gasteiger partial charge on any atom is 0.247 e. The molecule has 9 heteroatoms. The van der Waals surface area contributed by atoms with Crippen LogP contribution in [0.2, 0.25) is 0 Å². The smallest absolute Gasteiger partial charge is 0.247 e. The molecule has 2 aromatic carbocycles. The number of benzene rings is 2. The molecular formula is C26H30N6O3. The minimum Gasteiger partial charge on any atom is -0.351 e. The third-order valence-electron chi connectivity index (χ3n) is 6.05. The quantitative estimate of drug-likeness (QED) is 0.315. The van der Waals surface area contributed by atoms with Crippen LogP contribution in [0.25, 0.3) is 10.9 Å². The summed E-state index contributed by atoms with van der Waals surface area (Å²) >= 11 is 0. The maximum atomic E-state index is 13.2. The predicted molar refractivity (Wildman–Crippen MR) is 134 cm³/mol. The molecular weight excluding hydrogens is 444 g/mol. The molecule has 1 aliphatic rings. The van der Waals surface area contributed by atoms with E-state index in [-0.39, 0.29) is 30.3 Å². The number of nitrogens with zero attached hydrogens (tertiary/aromatic N) is 1. The summed E-state index contributed by atoms with van der Waals surface area (Å²) in [5.41, 5.74) is 7.84. The Kier molecular flexibility index (Phi) is 8.02. The van der Waals surface area contributed by atoms with Gasteiger partial charge in [0, 0.05) is 18.0 Å². The number of aromatic nitrogens is 1. The van der Waals surface area contributed by atoms with Crippen LogP contribution in [0.5, 0.6) is 0 Å². The Balaban J connectivity index is 1.43. The van der Waals surface area contributed by atoms with Crippen LogP contribution in [-0.4, -0.2) is 53.9 Å². The van der Waals surface area contributed by atoms with Crippen LogP contribution in [0.3, 0.4) is 0 Å². The van der Waals surface area contributed by atoms with Gasteiger partial charge in [-0.15, -0.1) is 0 Å². The van der Waals surface area contributed by atoms with E-state index < -0.39 is 12.1 Å². The van der Waals surface area contributed by atoms with E-state index in [9.17, 15) is 14.4 Å². The molecule has 1 saturated heterocycles. The van der Waals surface area contributed by atoms with Crippen LogP contribution >= 0.6 is 0 Å². The van der Waals surface area contributed by atoms with E-state index in [4.69, 9.17) is 5.73 Å². The van der Waals surface area contributed by atoms with E-state index in [1.807, 2.05) is 60.7 Å². The number of aryl methyl sites for hydroxylation is 1. The first kappa shape index (κ1) is 24.3. The number of hydrogen-bond donors (Lipinski definition) is 5. The summed E-state index contributed by atoms with van der Waals surface area (Å²) in [5.74, 6) is -0.848. The molecule has 0 saturated carbocycles. The molecule has 0 bridgehead atoms. The van der Waals surface area contributed by atoms with E-state index in [0.29, 0.717) is 31.5 Å². The second-order valence-electron chi connectivity index (χ2n) is 8.66. The minimum atomic E-state index is -0.742. The Morgan fingerprint density at radius 1 is 1.09 bits per heavy atom. The molecule has 9 nitrogen and oxygen atoms in total. The minimum absolute atomic E-state index is 0.0985. The largest absolute Gasteiger partial charge is 0.351 e. The highest BCUT2D eigenvalue weighted by Crippen LogP contribution is 2.17. The number of nitrogens with one attached hydrogen (secondary N) is 4. The van der Waals surface area contributed by atoms with E-state index in [1.165, 1.54) is 0 Å². The molecule has 3 amide bonds. The van der Waals surface area contributed by atoms with Crippen LogP contribution in [0.4, 0.5) is 5.69 Å². The van der Waals surface area contributed by atoms with Gasteiger partial charge in [-0.3, -0.25) is 19.4 Å². The number of carbonyl (C=O) groups excluding carboxylic acids is 3. The lowest BCUT2D eigenvalue weighted by Gasteiger charge is -2.21. The van der Waals surface area contributed by atoms with E-state index >= 15 is 0 Å². The number of pyridine rings is 1. The van der Waals surface area contributed by atoms with Gasteiger partial charge in [-0.2, -0.15) is 0 Å². The Bertz CT molecular complexity index is 1190. The zero-order chi connectivity index (χ0) is 24.6. The first-order valence-corrected chi connectivity index (χ1v) is 11.7. The number of hydrogen-bond acceptors (Lipinski definition) is 6.